The molecule has 0 bridgehead atoms. The van der Waals surface area contributed by atoms with Gasteiger partial charge >= 0.3 is 0 Å². The number of benzene rings is 1. The monoisotopic (exact) mass is 225 g/mol. The van der Waals surface area contributed by atoms with Gasteiger partial charge in [-0.15, -0.1) is 0 Å². The van der Waals surface area contributed by atoms with Crippen molar-refractivity contribution in [2.45, 2.75) is 31.2 Å². The minimum atomic E-state index is -0.467. The van der Waals surface area contributed by atoms with Crippen LogP contribution < -0.4 is 5.73 Å². The Hall–Kier alpha value is -0.600. The fourth-order valence-electron chi connectivity index (χ4n) is 2.90. The fraction of sp³-hybridized carbons (Fsp3) is 0.500. The number of hydrogen-bond acceptors (Lipinski definition) is 1. The predicted octanol–water partition coefficient (Wildman–Crippen LogP) is 3.21. The molecule has 3 rings (SSSR count). The zero-order valence-electron chi connectivity index (χ0n) is 8.39. The van der Waals surface area contributed by atoms with Crippen LogP contribution in [0.4, 0.5) is 4.39 Å². The molecule has 2 aliphatic rings. The summed E-state index contributed by atoms with van der Waals surface area (Å²) in [7, 11) is 0. The molecule has 2 aliphatic carbocycles. The van der Waals surface area contributed by atoms with Crippen molar-refractivity contribution in [1.29, 1.82) is 0 Å². The van der Waals surface area contributed by atoms with Gasteiger partial charge in [-0.1, -0.05) is 23.7 Å². The first kappa shape index (κ1) is 9.61. The van der Waals surface area contributed by atoms with Crippen LogP contribution in [0.5, 0.6) is 0 Å². The van der Waals surface area contributed by atoms with Crippen molar-refractivity contribution in [3.63, 3.8) is 0 Å². The Morgan fingerprint density at radius 2 is 1.93 bits per heavy atom. The molecule has 1 spiro atoms. The van der Waals surface area contributed by atoms with E-state index in [0.29, 0.717) is 11.0 Å². The van der Waals surface area contributed by atoms with Crippen molar-refractivity contribution in [2.75, 3.05) is 0 Å². The summed E-state index contributed by atoms with van der Waals surface area (Å²) in [6.07, 6.45) is 4.34. The number of rotatable bonds is 1. The Morgan fingerprint density at radius 1 is 1.27 bits per heavy atom. The molecule has 0 radical (unpaired) electrons. The average Bonchev–Trinajstić information content (AvgIpc) is 2.89. The van der Waals surface area contributed by atoms with E-state index in [4.69, 9.17) is 17.3 Å². The largest absolute Gasteiger partial charge is 0.321 e. The van der Waals surface area contributed by atoms with Crippen molar-refractivity contribution in [1.82, 2.24) is 0 Å². The SMILES string of the molecule is NC1(c2cccc(Cl)c2F)CC2(CC2)C1. The Morgan fingerprint density at radius 3 is 2.53 bits per heavy atom. The van der Waals surface area contributed by atoms with Gasteiger partial charge in [-0.25, -0.2) is 4.39 Å². The molecular formula is C12H13ClFN. The first-order valence-corrected chi connectivity index (χ1v) is 5.66. The van der Waals surface area contributed by atoms with Gasteiger partial charge in [0.05, 0.1) is 5.02 Å². The van der Waals surface area contributed by atoms with Gasteiger partial charge in [0.2, 0.25) is 0 Å². The standard InChI is InChI=1S/C12H13ClFN/c13-9-3-1-2-8(10(9)14)12(15)6-11(7-12)4-5-11/h1-3H,4-7,15H2. The van der Waals surface area contributed by atoms with Crippen molar-refractivity contribution < 1.29 is 4.39 Å². The minimum Gasteiger partial charge on any atom is -0.321 e. The highest BCUT2D eigenvalue weighted by atomic mass is 35.5. The highest BCUT2D eigenvalue weighted by molar-refractivity contribution is 6.30. The Bertz CT molecular complexity index is 418. The lowest BCUT2D eigenvalue weighted by atomic mass is 9.63. The quantitative estimate of drug-likeness (QED) is 0.781. The summed E-state index contributed by atoms with van der Waals surface area (Å²) in [4.78, 5) is 0. The molecular weight excluding hydrogens is 213 g/mol. The van der Waals surface area contributed by atoms with Gasteiger partial charge in [-0.3, -0.25) is 0 Å². The molecule has 2 saturated carbocycles. The minimum absolute atomic E-state index is 0.175. The van der Waals surface area contributed by atoms with Crippen molar-refractivity contribution >= 4 is 11.6 Å². The smallest absolute Gasteiger partial charge is 0.146 e. The van der Waals surface area contributed by atoms with Crippen molar-refractivity contribution in [3.05, 3.63) is 34.6 Å². The normalized spacial score (nSPS) is 25.0. The molecule has 3 heteroatoms. The van der Waals surface area contributed by atoms with Crippen LogP contribution in [0.3, 0.4) is 0 Å². The highest BCUT2D eigenvalue weighted by Crippen LogP contribution is 2.67. The molecule has 0 aromatic heterocycles. The Kier molecular flexibility index (Phi) is 1.76. The number of nitrogens with two attached hydrogens (primary N) is 1. The highest BCUT2D eigenvalue weighted by Gasteiger charge is 2.60. The first-order valence-electron chi connectivity index (χ1n) is 5.28. The third-order valence-electron chi connectivity index (χ3n) is 3.83. The zero-order valence-corrected chi connectivity index (χ0v) is 9.15. The van der Waals surface area contributed by atoms with Crippen LogP contribution in [0.25, 0.3) is 0 Å². The van der Waals surface area contributed by atoms with Crippen molar-refractivity contribution in [3.8, 4) is 0 Å². The molecule has 0 aliphatic heterocycles. The molecule has 1 nitrogen and oxygen atoms in total. The second-order valence-electron chi connectivity index (χ2n) is 5.11. The summed E-state index contributed by atoms with van der Waals surface area (Å²) in [6, 6.07) is 5.10. The van der Waals surface area contributed by atoms with E-state index in [2.05, 4.69) is 0 Å². The molecule has 0 atom stereocenters. The lowest BCUT2D eigenvalue weighted by Gasteiger charge is -2.46. The maximum atomic E-state index is 13.8. The van der Waals surface area contributed by atoms with E-state index < -0.39 is 5.54 Å². The second kappa shape index (κ2) is 2.74. The lowest BCUT2D eigenvalue weighted by Crippen LogP contribution is -2.50. The van der Waals surface area contributed by atoms with E-state index in [1.165, 1.54) is 12.8 Å². The Balaban J connectivity index is 1.96. The van der Waals surface area contributed by atoms with Crippen LogP contribution in [0.2, 0.25) is 5.02 Å². The number of halogens is 2. The summed E-state index contributed by atoms with van der Waals surface area (Å²) < 4.78 is 13.8. The van der Waals surface area contributed by atoms with Crippen LogP contribution in [0.15, 0.2) is 18.2 Å². The summed E-state index contributed by atoms with van der Waals surface area (Å²) in [6.45, 7) is 0. The van der Waals surface area contributed by atoms with Gasteiger partial charge in [0.1, 0.15) is 5.82 Å². The lowest BCUT2D eigenvalue weighted by molar-refractivity contribution is 0.121. The zero-order chi connectivity index (χ0) is 10.7. The third kappa shape index (κ3) is 1.31. The van der Waals surface area contributed by atoms with E-state index >= 15 is 0 Å². The van der Waals surface area contributed by atoms with Crippen LogP contribution in [0.1, 0.15) is 31.2 Å². The van der Waals surface area contributed by atoms with E-state index in [0.717, 1.165) is 12.8 Å². The third-order valence-corrected chi connectivity index (χ3v) is 4.12. The number of hydrogen-bond donors (Lipinski definition) is 1. The first-order chi connectivity index (χ1) is 7.05. The predicted molar refractivity (Wildman–Crippen MR) is 58.2 cm³/mol. The fourth-order valence-corrected chi connectivity index (χ4v) is 3.07. The molecule has 15 heavy (non-hydrogen) atoms. The van der Waals surface area contributed by atoms with Crippen molar-refractivity contribution in [2.24, 2.45) is 11.1 Å². The van der Waals surface area contributed by atoms with E-state index in [1.54, 1.807) is 18.2 Å². The van der Waals surface area contributed by atoms with E-state index in [9.17, 15) is 4.39 Å². The van der Waals surface area contributed by atoms with Gasteiger partial charge in [0.25, 0.3) is 0 Å². The molecule has 0 amide bonds. The second-order valence-corrected chi connectivity index (χ2v) is 5.52. The van der Waals surface area contributed by atoms with Crippen LogP contribution in [0, 0.1) is 11.2 Å². The Labute approximate surface area is 93.4 Å². The molecule has 2 fully saturated rings. The average molecular weight is 226 g/mol. The summed E-state index contributed by atoms with van der Waals surface area (Å²) >= 11 is 5.76. The van der Waals surface area contributed by atoms with Crippen LogP contribution in [-0.4, -0.2) is 0 Å². The van der Waals surface area contributed by atoms with Gasteiger partial charge in [0.15, 0.2) is 0 Å². The maximum Gasteiger partial charge on any atom is 0.146 e. The topological polar surface area (TPSA) is 26.0 Å². The maximum absolute atomic E-state index is 13.8. The molecule has 0 saturated heterocycles. The molecule has 2 N–H and O–H groups in total. The van der Waals surface area contributed by atoms with E-state index in [1.807, 2.05) is 0 Å². The molecule has 0 unspecified atom stereocenters. The van der Waals surface area contributed by atoms with Gasteiger partial charge in [-0.05, 0) is 37.2 Å². The van der Waals surface area contributed by atoms with Crippen LogP contribution >= 0.6 is 11.6 Å². The van der Waals surface area contributed by atoms with Gasteiger partial charge in [0, 0.05) is 11.1 Å². The molecule has 1 aromatic rings. The molecule has 80 valence electrons. The summed E-state index contributed by atoms with van der Waals surface area (Å²) in [5.74, 6) is -0.336. The molecule has 1 aromatic carbocycles. The van der Waals surface area contributed by atoms with Gasteiger partial charge < -0.3 is 5.73 Å². The molecule has 0 heterocycles. The van der Waals surface area contributed by atoms with Crippen LogP contribution in [-0.2, 0) is 5.54 Å². The van der Waals surface area contributed by atoms with Gasteiger partial charge in [-0.2, -0.15) is 0 Å². The summed E-state index contributed by atoms with van der Waals surface area (Å²) in [5.41, 5.74) is 6.80. The summed E-state index contributed by atoms with van der Waals surface area (Å²) in [5, 5.41) is 0.175. The van der Waals surface area contributed by atoms with E-state index in [-0.39, 0.29) is 10.8 Å².